The molecule has 0 radical (unpaired) electrons. The van der Waals surface area contributed by atoms with Gasteiger partial charge in [-0.25, -0.2) is 15.0 Å². The van der Waals surface area contributed by atoms with Crippen molar-refractivity contribution in [3.8, 4) is 34.2 Å². The number of para-hydroxylation sites is 4. The monoisotopic (exact) mass is 656 g/mol. The number of hydrogen-bond acceptors (Lipinski definition) is 6. The first-order valence-electron chi connectivity index (χ1n) is 17.2. The highest BCUT2D eigenvalue weighted by Crippen LogP contribution is 2.54. The summed E-state index contributed by atoms with van der Waals surface area (Å²) in [6.07, 6.45) is 4.42. The summed E-state index contributed by atoms with van der Waals surface area (Å²) in [4.78, 5) is 17.8. The second-order valence-electron chi connectivity index (χ2n) is 13.1. The lowest BCUT2D eigenvalue weighted by Crippen LogP contribution is -2.30. The lowest BCUT2D eigenvalue weighted by Gasteiger charge is -2.30. The van der Waals surface area contributed by atoms with Crippen LogP contribution in [0.15, 0.2) is 161 Å². The van der Waals surface area contributed by atoms with Gasteiger partial charge in [-0.1, -0.05) is 115 Å². The van der Waals surface area contributed by atoms with E-state index in [4.69, 9.17) is 23.8 Å². The first-order valence-corrected chi connectivity index (χ1v) is 17.2. The molecule has 9 aromatic rings. The van der Waals surface area contributed by atoms with Crippen LogP contribution in [0, 0.1) is 0 Å². The van der Waals surface area contributed by atoms with Gasteiger partial charge in [0.2, 0.25) is 0 Å². The summed E-state index contributed by atoms with van der Waals surface area (Å²) in [5.41, 5.74) is 9.88. The Balaban J connectivity index is 1.12. The van der Waals surface area contributed by atoms with Crippen molar-refractivity contribution >= 4 is 50.4 Å². The third kappa shape index (κ3) is 4.20. The maximum Gasteiger partial charge on any atom is 0.167 e. The Labute approximate surface area is 293 Å². The first-order chi connectivity index (χ1) is 25.3. The summed E-state index contributed by atoms with van der Waals surface area (Å²) in [6.45, 7) is 0. The fraction of sp³-hybridized carbons (Fsp3) is 0.0444. The van der Waals surface area contributed by atoms with Crippen molar-refractivity contribution in [3.63, 3.8) is 0 Å². The molecule has 4 heterocycles. The van der Waals surface area contributed by atoms with Crippen molar-refractivity contribution < 1.29 is 8.83 Å². The molecule has 1 aliphatic heterocycles. The molecule has 1 aliphatic carbocycles. The molecule has 3 aromatic heterocycles. The van der Waals surface area contributed by atoms with Crippen LogP contribution in [-0.2, 0) is 0 Å². The topological polar surface area (TPSA) is 68.2 Å². The van der Waals surface area contributed by atoms with Gasteiger partial charge in [-0.2, -0.15) is 0 Å². The largest absolute Gasteiger partial charge is 0.456 e. The highest BCUT2D eigenvalue weighted by molar-refractivity contribution is 6.11. The Morgan fingerprint density at radius 1 is 0.529 bits per heavy atom. The number of furan rings is 2. The lowest BCUT2D eigenvalue weighted by atomic mass is 9.82. The molecule has 2 unspecified atom stereocenters. The molecule has 240 valence electrons. The van der Waals surface area contributed by atoms with Crippen LogP contribution in [0.3, 0.4) is 0 Å². The van der Waals surface area contributed by atoms with Crippen LogP contribution in [0.2, 0.25) is 0 Å². The Morgan fingerprint density at radius 3 is 2.08 bits per heavy atom. The average molecular weight is 657 g/mol. The minimum atomic E-state index is 0.0960. The second-order valence-corrected chi connectivity index (χ2v) is 13.1. The second kappa shape index (κ2) is 10.9. The molecule has 0 amide bonds. The van der Waals surface area contributed by atoms with Crippen LogP contribution < -0.4 is 4.90 Å². The molecule has 51 heavy (non-hydrogen) atoms. The summed E-state index contributed by atoms with van der Waals surface area (Å²) >= 11 is 0. The Hall–Kier alpha value is -6.79. The summed E-state index contributed by atoms with van der Waals surface area (Å²) in [5.74, 6) is 2.69. The number of aromatic nitrogens is 3. The lowest BCUT2D eigenvalue weighted by molar-refractivity contribution is 0.584. The van der Waals surface area contributed by atoms with E-state index < -0.39 is 0 Å². The van der Waals surface area contributed by atoms with E-state index in [0.29, 0.717) is 17.5 Å². The van der Waals surface area contributed by atoms with Crippen LogP contribution in [-0.4, -0.2) is 21.0 Å². The van der Waals surface area contributed by atoms with Crippen LogP contribution in [0.25, 0.3) is 73.1 Å². The molecule has 0 saturated carbocycles. The molecule has 6 heteroatoms. The van der Waals surface area contributed by atoms with Crippen molar-refractivity contribution in [2.45, 2.75) is 12.0 Å². The average Bonchev–Trinajstić information content (AvgIpc) is 3.88. The van der Waals surface area contributed by atoms with Crippen LogP contribution in [0.4, 0.5) is 11.4 Å². The zero-order valence-electron chi connectivity index (χ0n) is 27.3. The van der Waals surface area contributed by atoms with E-state index in [2.05, 4.69) is 102 Å². The maximum absolute atomic E-state index is 6.83. The quantitative estimate of drug-likeness (QED) is 0.188. The van der Waals surface area contributed by atoms with Crippen molar-refractivity contribution in [3.05, 3.63) is 169 Å². The molecular formula is C45H28N4O2. The van der Waals surface area contributed by atoms with E-state index >= 15 is 0 Å². The third-order valence-corrected chi connectivity index (χ3v) is 10.3. The minimum Gasteiger partial charge on any atom is -0.456 e. The standard InChI is InChI=1S/C45H28N4O2/c1-3-13-27(14-4-1)43-46-44(32-20-12-24-37-39(32)30-18-8-10-23-36(30)50-37)48-45(47-43)33-21-11-19-31-41-38(51-42(31)33)26-25-35-40(41)29-17-7-9-22-34(29)49(35)28-15-5-2-6-16-28/h1-26,35,40H. The zero-order chi connectivity index (χ0) is 33.5. The molecule has 2 aliphatic rings. The van der Waals surface area contributed by atoms with Crippen molar-refractivity contribution in [1.82, 2.24) is 15.0 Å². The number of nitrogens with zero attached hydrogens (tertiary/aromatic N) is 4. The van der Waals surface area contributed by atoms with Crippen LogP contribution in [0.1, 0.15) is 22.8 Å². The minimum absolute atomic E-state index is 0.0960. The molecule has 0 fully saturated rings. The first kappa shape index (κ1) is 28.1. The predicted octanol–water partition coefficient (Wildman–Crippen LogP) is 11.2. The molecule has 0 saturated heterocycles. The molecule has 0 spiro atoms. The van der Waals surface area contributed by atoms with Gasteiger partial charge in [-0.05, 0) is 48.0 Å². The van der Waals surface area contributed by atoms with Gasteiger partial charge in [0.05, 0.1) is 11.6 Å². The Bertz CT molecular complexity index is 2840. The van der Waals surface area contributed by atoms with Crippen LogP contribution in [0.5, 0.6) is 0 Å². The van der Waals surface area contributed by atoms with E-state index in [1.54, 1.807) is 0 Å². The smallest absolute Gasteiger partial charge is 0.167 e. The Kier molecular flexibility index (Phi) is 5.98. The molecule has 6 aromatic carbocycles. The van der Waals surface area contributed by atoms with E-state index in [0.717, 1.165) is 55.4 Å². The van der Waals surface area contributed by atoms with E-state index in [9.17, 15) is 0 Å². The van der Waals surface area contributed by atoms with Crippen molar-refractivity contribution in [2.75, 3.05) is 4.90 Å². The highest BCUT2D eigenvalue weighted by atomic mass is 16.3. The van der Waals surface area contributed by atoms with Crippen LogP contribution >= 0.6 is 0 Å². The maximum atomic E-state index is 6.83. The van der Waals surface area contributed by atoms with Gasteiger partial charge in [0.25, 0.3) is 0 Å². The number of rotatable bonds is 4. The fourth-order valence-corrected chi connectivity index (χ4v) is 8.14. The van der Waals surface area contributed by atoms with Crippen molar-refractivity contribution in [1.29, 1.82) is 0 Å². The van der Waals surface area contributed by atoms with Gasteiger partial charge in [0.15, 0.2) is 17.5 Å². The number of anilines is 2. The summed E-state index contributed by atoms with van der Waals surface area (Å²) in [7, 11) is 0. The highest BCUT2D eigenvalue weighted by Gasteiger charge is 2.43. The summed E-state index contributed by atoms with van der Waals surface area (Å²) in [5, 5.41) is 3.07. The van der Waals surface area contributed by atoms with Crippen molar-refractivity contribution in [2.24, 2.45) is 0 Å². The van der Waals surface area contributed by atoms with E-state index in [1.165, 1.54) is 22.5 Å². The van der Waals surface area contributed by atoms with Gasteiger partial charge in [-0.15, -0.1) is 0 Å². The SMILES string of the molecule is C1=CC2C(c3ccccc3N2c2ccccc2)c2c1oc1c(-c3nc(-c4ccccc4)nc(-c4cccc5oc6ccccc6c45)n3)cccc21. The summed E-state index contributed by atoms with van der Waals surface area (Å²) in [6, 6.07) is 50.0. The van der Waals surface area contributed by atoms with Gasteiger partial charge in [0, 0.05) is 50.1 Å². The third-order valence-electron chi connectivity index (χ3n) is 10.3. The molecule has 2 atom stereocenters. The Morgan fingerprint density at radius 2 is 1.20 bits per heavy atom. The van der Waals surface area contributed by atoms with E-state index in [1.807, 2.05) is 60.7 Å². The number of benzene rings is 6. The van der Waals surface area contributed by atoms with Gasteiger partial charge in [-0.3, -0.25) is 0 Å². The fourth-order valence-electron chi connectivity index (χ4n) is 8.14. The number of fused-ring (bicyclic) bond motifs is 10. The summed E-state index contributed by atoms with van der Waals surface area (Å²) < 4.78 is 13.1. The predicted molar refractivity (Wildman–Crippen MR) is 203 cm³/mol. The molecule has 11 rings (SSSR count). The van der Waals surface area contributed by atoms with E-state index in [-0.39, 0.29) is 12.0 Å². The molecule has 0 bridgehead atoms. The molecule has 6 nitrogen and oxygen atoms in total. The van der Waals surface area contributed by atoms with Gasteiger partial charge >= 0.3 is 0 Å². The van der Waals surface area contributed by atoms with Gasteiger partial charge < -0.3 is 13.7 Å². The van der Waals surface area contributed by atoms with Gasteiger partial charge in [0.1, 0.15) is 22.5 Å². The molecular weight excluding hydrogens is 629 g/mol. The molecule has 0 N–H and O–H groups in total. The number of hydrogen-bond donors (Lipinski definition) is 0. The zero-order valence-corrected chi connectivity index (χ0v) is 27.3. The normalized spacial score (nSPS) is 16.1.